The quantitative estimate of drug-likeness (QED) is 0.766. The van der Waals surface area contributed by atoms with E-state index in [2.05, 4.69) is 22.1 Å². The molecule has 2 aromatic carbocycles. The summed E-state index contributed by atoms with van der Waals surface area (Å²) in [6, 6.07) is 13.3. The van der Waals surface area contributed by atoms with Crippen molar-refractivity contribution in [1.29, 1.82) is 0 Å². The molecule has 0 saturated heterocycles. The van der Waals surface area contributed by atoms with Crippen LogP contribution in [-0.2, 0) is 0 Å². The van der Waals surface area contributed by atoms with Crippen LogP contribution in [0.1, 0.15) is 5.56 Å². The molecule has 0 spiro atoms. The van der Waals surface area contributed by atoms with Gasteiger partial charge in [0.1, 0.15) is 11.4 Å². The van der Waals surface area contributed by atoms with Crippen LogP contribution in [0, 0.1) is 0 Å². The molecule has 0 aliphatic carbocycles. The zero-order valence-electron chi connectivity index (χ0n) is 11.7. The third-order valence-electron chi connectivity index (χ3n) is 3.44. The summed E-state index contributed by atoms with van der Waals surface area (Å²) in [6.45, 7) is 3.70. The summed E-state index contributed by atoms with van der Waals surface area (Å²) in [5.74, 6) is 0.889. The number of fused-ring (bicyclic) bond motifs is 1. The molecule has 0 unspecified atom stereocenters. The molecule has 21 heavy (non-hydrogen) atoms. The molecular weight excluding hydrogens is 262 g/mol. The van der Waals surface area contributed by atoms with Crippen molar-refractivity contribution in [2.24, 2.45) is 0 Å². The van der Waals surface area contributed by atoms with Crippen LogP contribution in [-0.4, -0.2) is 22.4 Å². The molecular formula is C17H15N3O. The fourth-order valence-corrected chi connectivity index (χ4v) is 2.36. The first-order valence-electron chi connectivity index (χ1n) is 6.63. The lowest BCUT2D eigenvalue weighted by Crippen LogP contribution is -1.98. The van der Waals surface area contributed by atoms with E-state index in [1.54, 1.807) is 12.1 Å². The normalized spacial score (nSPS) is 10.5. The topological polar surface area (TPSA) is 58.0 Å². The zero-order valence-corrected chi connectivity index (χ0v) is 11.7. The predicted octanol–water partition coefficient (Wildman–Crippen LogP) is 3.69. The van der Waals surface area contributed by atoms with E-state index < -0.39 is 0 Å². The number of phenols is 1. The lowest BCUT2D eigenvalue weighted by Gasteiger charge is -2.10. The first-order chi connectivity index (χ1) is 10.2. The number of hydrogen-bond acceptors (Lipinski definition) is 4. The highest BCUT2D eigenvalue weighted by Crippen LogP contribution is 2.34. The molecule has 2 N–H and O–H groups in total. The van der Waals surface area contributed by atoms with Gasteiger partial charge in [-0.05, 0) is 17.7 Å². The third kappa shape index (κ3) is 2.21. The van der Waals surface area contributed by atoms with Crippen molar-refractivity contribution < 1.29 is 5.11 Å². The molecule has 0 aliphatic heterocycles. The van der Waals surface area contributed by atoms with E-state index in [1.807, 2.05) is 43.4 Å². The number of aromatic hydroxyl groups is 1. The second-order valence-electron chi connectivity index (χ2n) is 4.67. The molecule has 0 atom stereocenters. The molecule has 0 bridgehead atoms. The first kappa shape index (κ1) is 13.1. The zero-order chi connectivity index (χ0) is 14.8. The van der Waals surface area contributed by atoms with Gasteiger partial charge in [0, 0.05) is 23.4 Å². The van der Waals surface area contributed by atoms with E-state index in [4.69, 9.17) is 0 Å². The van der Waals surface area contributed by atoms with Crippen molar-refractivity contribution in [2.45, 2.75) is 0 Å². The number of benzene rings is 2. The van der Waals surface area contributed by atoms with Gasteiger partial charge in [0.25, 0.3) is 0 Å². The lowest BCUT2D eigenvalue weighted by atomic mass is 10.0. The van der Waals surface area contributed by atoms with Gasteiger partial charge in [-0.1, -0.05) is 43.0 Å². The van der Waals surface area contributed by atoms with Crippen molar-refractivity contribution in [2.75, 3.05) is 12.4 Å². The fraction of sp³-hybridized carbons (Fsp3) is 0.0588. The van der Waals surface area contributed by atoms with Gasteiger partial charge >= 0.3 is 0 Å². The van der Waals surface area contributed by atoms with E-state index in [9.17, 15) is 5.11 Å². The second kappa shape index (κ2) is 5.25. The summed E-state index contributed by atoms with van der Waals surface area (Å²) < 4.78 is 0. The Hall–Kier alpha value is -2.88. The molecule has 3 aromatic rings. The van der Waals surface area contributed by atoms with E-state index in [0.717, 1.165) is 22.2 Å². The highest BCUT2D eigenvalue weighted by atomic mass is 16.3. The molecule has 0 saturated carbocycles. The summed E-state index contributed by atoms with van der Waals surface area (Å²) in [5, 5.41) is 23.6. The van der Waals surface area contributed by atoms with Gasteiger partial charge in [-0.15, -0.1) is 10.2 Å². The molecule has 0 fully saturated rings. The summed E-state index contributed by atoms with van der Waals surface area (Å²) in [7, 11) is 1.81. The van der Waals surface area contributed by atoms with Gasteiger partial charge in [0.15, 0.2) is 5.82 Å². The van der Waals surface area contributed by atoms with Crippen LogP contribution in [0.15, 0.2) is 49.0 Å². The Bertz CT molecular complexity index is 827. The number of hydrogen-bond donors (Lipinski definition) is 2. The number of phenolic OH excluding ortho intramolecular Hbond substituents is 1. The van der Waals surface area contributed by atoms with Crippen molar-refractivity contribution >= 4 is 22.7 Å². The smallest absolute Gasteiger partial charge is 0.156 e. The Balaban J connectivity index is 2.28. The molecule has 3 rings (SSSR count). The lowest BCUT2D eigenvalue weighted by molar-refractivity contribution is 0.477. The first-order valence-corrected chi connectivity index (χ1v) is 6.63. The number of rotatable bonds is 3. The molecule has 0 radical (unpaired) electrons. The molecule has 4 nitrogen and oxygen atoms in total. The highest BCUT2D eigenvalue weighted by Gasteiger charge is 2.13. The minimum absolute atomic E-state index is 0.170. The number of nitrogens with one attached hydrogen (secondary N) is 1. The third-order valence-corrected chi connectivity index (χ3v) is 3.44. The molecule has 4 heteroatoms. The van der Waals surface area contributed by atoms with Gasteiger partial charge in [-0.25, -0.2) is 0 Å². The van der Waals surface area contributed by atoms with E-state index in [0.29, 0.717) is 11.3 Å². The Morgan fingerprint density at radius 1 is 1.10 bits per heavy atom. The standard InChI is InChI=1S/C17H15N3O/c1-3-11-8-9-14(15(21)10-11)16-12-6-4-5-7-13(12)17(18-2)20-19-16/h3-10,21H,1H2,2H3,(H,18,20). The van der Waals surface area contributed by atoms with Crippen LogP contribution in [0.25, 0.3) is 28.1 Å². The fourth-order valence-electron chi connectivity index (χ4n) is 2.36. The largest absolute Gasteiger partial charge is 0.507 e. The number of aromatic nitrogens is 2. The molecule has 1 heterocycles. The Morgan fingerprint density at radius 3 is 2.52 bits per heavy atom. The van der Waals surface area contributed by atoms with Crippen molar-refractivity contribution in [3.63, 3.8) is 0 Å². The Labute approximate surface area is 122 Å². The maximum atomic E-state index is 10.2. The maximum Gasteiger partial charge on any atom is 0.156 e. The van der Waals surface area contributed by atoms with E-state index >= 15 is 0 Å². The monoisotopic (exact) mass is 277 g/mol. The summed E-state index contributed by atoms with van der Waals surface area (Å²) in [5.41, 5.74) is 2.19. The second-order valence-corrected chi connectivity index (χ2v) is 4.67. The molecule has 104 valence electrons. The van der Waals surface area contributed by atoms with Crippen molar-refractivity contribution in [3.05, 3.63) is 54.6 Å². The van der Waals surface area contributed by atoms with Crippen LogP contribution in [0.4, 0.5) is 5.82 Å². The Kier molecular flexibility index (Phi) is 3.28. The molecule has 1 aromatic heterocycles. The van der Waals surface area contributed by atoms with E-state index in [-0.39, 0.29) is 5.75 Å². The van der Waals surface area contributed by atoms with Crippen LogP contribution < -0.4 is 5.32 Å². The maximum absolute atomic E-state index is 10.2. The van der Waals surface area contributed by atoms with Crippen molar-refractivity contribution in [1.82, 2.24) is 10.2 Å². The summed E-state index contributed by atoms with van der Waals surface area (Å²) in [4.78, 5) is 0. The van der Waals surface area contributed by atoms with Crippen LogP contribution >= 0.6 is 0 Å². The minimum Gasteiger partial charge on any atom is -0.507 e. The summed E-state index contributed by atoms with van der Waals surface area (Å²) in [6.07, 6.45) is 1.69. The van der Waals surface area contributed by atoms with Gasteiger partial charge in [-0.2, -0.15) is 0 Å². The molecule has 0 aliphatic rings. The van der Waals surface area contributed by atoms with Crippen molar-refractivity contribution in [3.8, 4) is 17.0 Å². The van der Waals surface area contributed by atoms with Gasteiger partial charge in [0.2, 0.25) is 0 Å². The summed E-state index contributed by atoms with van der Waals surface area (Å²) >= 11 is 0. The van der Waals surface area contributed by atoms with Gasteiger partial charge in [0.05, 0.1) is 0 Å². The van der Waals surface area contributed by atoms with E-state index in [1.165, 1.54) is 0 Å². The minimum atomic E-state index is 0.170. The van der Waals surface area contributed by atoms with Gasteiger partial charge in [-0.3, -0.25) is 0 Å². The van der Waals surface area contributed by atoms with Crippen LogP contribution in [0.3, 0.4) is 0 Å². The number of anilines is 1. The van der Waals surface area contributed by atoms with Gasteiger partial charge < -0.3 is 10.4 Å². The average molecular weight is 277 g/mol. The van der Waals surface area contributed by atoms with Crippen LogP contribution in [0.2, 0.25) is 0 Å². The Morgan fingerprint density at radius 2 is 1.86 bits per heavy atom. The highest BCUT2D eigenvalue weighted by molar-refractivity contribution is 6.00. The average Bonchev–Trinajstić information content (AvgIpc) is 2.54. The predicted molar refractivity (Wildman–Crippen MR) is 86.3 cm³/mol. The molecule has 0 amide bonds. The number of nitrogens with zero attached hydrogens (tertiary/aromatic N) is 2. The SMILES string of the molecule is C=Cc1ccc(-c2nnc(NC)c3ccccc23)c(O)c1. The van der Waals surface area contributed by atoms with Crippen LogP contribution in [0.5, 0.6) is 5.75 Å².